The number of rotatable bonds is 3. The fourth-order valence-electron chi connectivity index (χ4n) is 1.08. The van der Waals surface area contributed by atoms with E-state index < -0.39 is 15.8 Å². The van der Waals surface area contributed by atoms with E-state index in [1.807, 2.05) is 0 Å². The van der Waals surface area contributed by atoms with Crippen LogP contribution < -0.4 is 4.72 Å². The first-order valence-corrected chi connectivity index (χ1v) is 6.60. The van der Waals surface area contributed by atoms with Crippen LogP contribution in [0.3, 0.4) is 0 Å². The van der Waals surface area contributed by atoms with E-state index in [0.29, 0.717) is 0 Å². The number of aromatic nitrogens is 3. The molecule has 0 bridgehead atoms. The maximum absolute atomic E-state index is 13.0. The van der Waals surface area contributed by atoms with Crippen LogP contribution in [-0.4, -0.2) is 23.6 Å². The minimum atomic E-state index is -3.80. The monoisotopic (exact) mass is 320 g/mol. The Balaban J connectivity index is 2.35. The van der Waals surface area contributed by atoms with E-state index in [-0.39, 0.29) is 15.3 Å². The molecule has 0 radical (unpaired) electrons. The highest BCUT2D eigenvalue weighted by Crippen LogP contribution is 2.21. The van der Waals surface area contributed by atoms with Crippen molar-refractivity contribution in [2.75, 3.05) is 4.72 Å². The molecule has 0 aliphatic carbocycles. The second kappa shape index (κ2) is 4.41. The summed E-state index contributed by atoms with van der Waals surface area (Å²) in [4.78, 5) is 3.54. The predicted octanol–water partition coefficient (Wildman–Crippen LogP) is 1.51. The maximum atomic E-state index is 13.0. The van der Waals surface area contributed by atoms with Gasteiger partial charge in [-0.2, -0.15) is 10.1 Å². The number of H-pyrrole nitrogens is 1. The molecule has 2 N–H and O–H groups in total. The van der Waals surface area contributed by atoms with Gasteiger partial charge >= 0.3 is 0 Å². The second-order valence-corrected chi connectivity index (χ2v) is 5.55. The van der Waals surface area contributed by atoms with Crippen molar-refractivity contribution in [1.29, 1.82) is 0 Å². The lowest BCUT2D eigenvalue weighted by Gasteiger charge is -2.05. The lowest BCUT2D eigenvalue weighted by atomic mass is 10.3. The number of nitrogens with zero attached hydrogens (tertiary/aromatic N) is 2. The zero-order chi connectivity index (χ0) is 12.5. The van der Waals surface area contributed by atoms with Gasteiger partial charge in [-0.25, -0.2) is 22.6 Å². The number of anilines is 1. The van der Waals surface area contributed by atoms with Crippen molar-refractivity contribution in [3.8, 4) is 0 Å². The van der Waals surface area contributed by atoms with E-state index >= 15 is 0 Å². The van der Waals surface area contributed by atoms with Gasteiger partial charge in [0.1, 0.15) is 12.1 Å². The number of hydrogen-bond acceptors (Lipinski definition) is 4. The molecule has 1 aromatic carbocycles. The number of nitrogens with one attached hydrogen (secondary N) is 2. The lowest BCUT2D eigenvalue weighted by Crippen LogP contribution is -2.14. The smallest absolute Gasteiger partial charge is 0.248 e. The van der Waals surface area contributed by atoms with Crippen LogP contribution in [-0.2, 0) is 10.0 Å². The van der Waals surface area contributed by atoms with Gasteiger partial charge in [-0.05, 0) is 34.1 Å². The third-order valence-corrected chi connectivity index (χ3v) is 3.79. The Morgan fingerprint density at radius 1 is 1.41 bits per heavy atom. The van der Waals surface area contributed by atoms with Crippen LogP contribution in [0.5, 0.6) is 0 Å². The van der Waals surface area contributed by atoms with E-state index in [1.54, 1.807) is 0 Å². The zero-order valence-electron chi connectivity index (χ0n) is 8.18. The average Bonchev–Trinajstić information content (AvgIpc) is 2.73. The van der Waals surface area contributed by atoms with E-state index in [0.717, 1.165) is 18.2 Å². The molecule has 2 rings (SSSR count). The van der Waals surface area contributed by atoms with Crippen molar-refractivity contribution in [3.05, 3.63) is 34.8 Å². The van der Waals surface area contributed by atoms with E-state index in [1.165, 1.54) is 6.33 Å². The van der Waals surface area contributed by atoms with E-state index in [2.05, 4.69) is 35.8 Å². The van der Waals surface area contributed by atoms with Gasteiger partial charge in [0, 0.05) is 0 Å². The summed E-state index contributed by atoms with van der Waals surface area (Å²) in [6, 6.07) is 3.37. The summed E-state index contributed by atoms with van der Waals surface area (Å²) < 4.78 is 38.8. The predicted molar refractivity (Wildman–Crippen MR) is 61.3 cm³/mol. The molecule has 0 spiro atoms. The molecule has 0 aliphatic heterocycles. The topological polar surface area (TPSA) is 87.7 Å². The van der Waals surface area contributed by atoms with Crippen molar-refractivity contribution in [3.63, 3.8) is 0 Å². The molecule has 2 aromatic rings. The van der Waals surface area contributed by atoms with Gasteiger partial charge in [-0.1, -0.05) is 0 Å². The van der Waals surface area contributed by atoms with Crippen LogP contribution >= 0.6 is 15.9 Å². The lowest BCUT2D eigenvalue weighted by molar-refractivity contribution is 0.598. The molecule has 17 heavy (non-hydrogen) atoms. The summed E-state index contributed by atoms with van der Waals surface area (Å²) in [5.74, 6) is -0.547. The number of benzene rings is 1. The summed E-state index contributed by atoms with van der Waals surface area (Å²) in [6.07, 6.45) is 1.17. The summed E-state index contributed by atoms with van der Waals surface area (Å²) in [5.41, 5.74) is 0. The third kappa shape index (κ3) is 2.61. The Kier molecular flexibility index (Phi) is 3.11. The van der Waals surface area contributed by atoms with Gasteiger partial charge in [-0.15, -0.1) is 0 Å². The highest BCUT2D eigenvalue weighted by atomic mass is 79.9. The maximum Gasteiger partial charge on any atom is 0.264 e. The number of sulfonamides is 1. The fourth-order valence-corrected chi connectivity index (χ4v) is 2.61. The molecule has 0 unspecified atom stereocenters. The molecular weight excluding hydrogens is 315 g/mol. The minimum absolute atomic E-state index is 0.00884. The van der Waals surface area contributed by atoms with Crippen molar-refractivity contribution < 1.29 is 12.8 Å². The molecule has 1 aromatic heterocycles. The Labute approximate surface area is 104 Å². The summed E-state index contributed by atoms with van der Waals surface area (Å²) in [7, 11) is -3.80. The highest BCUT2D eigenvalue weighted by Gasteiger charge is 2.16. The van der Waals surface area contributed by atoms with Crippen molar-refractivity contribution in [1.82, 2.24) is 15.2 Å². The van der Waals surface area contributed by atoms with Gasteiger partial charge in [-0.3, -0.25) is 0 Å². The molecule has 90 valence electrons. The second-order valence-electron chi connectivity index (χ2n) is 3.02. The van der Waals surface area contributed by atoms with Crippen LogP contribution in [0.1, 0.15) is 0 Å². The Bertz CT molecular complexity index is 629. The molecule has 0 saturated heterocycles. The SMILES string of the molecule is O=S(=O)(Nc1ncn[nH]1)c1ccc(F)c(Br)c1. The first-order valence-electron chi connectivity index (χ1n) is 4.32. The third-order valence-electron chi connectivity index (χ3n) is 1.85. The fraction of sp³-hybridized carbons (Fsp3) is 0. The van der Waals surface area contributed by atoms with Gasteiger partial charge in [0.05, 0.1) is 9.37 Å². The Morgan fingerprint density at radius 3 is 2.76 bits per heavy atom. The molecule has 0 fully saturated rings. The largest absolute Gasteiger partial charge is 0.264 e. The van der Waals surface area contributed by atoms with Gasteiger partial charge in [0.2, 0.25) is 5.95 Å². The van der Waals surface area contributed by atoms with Gasteiger partial charge < -0.3 is 0 Å². The summed E-state index contributed by atoms with van der Waals surface area (Å²) >= 11 is 2.91. The highest BCUT2D eigenvalue weighted by molar-refractivity contribution is 9.10. The van der Waals surface area contributed by atoms with Crippen LogP contribution in [0, 0.1) is 5.82 Å². The molecule has 0 saturated carbocycles. The van der Waals surface area contributed by atoms with Crippen molar-refractivity contribution >= 4 is 31.9 Å². The van der Waals surface area contributed by atoms with E-state index in [9.17, 15) is 12.8 Å². The van der Waals surface area contributed by atoms with Crippen LogP contribution in [0.4, 0.5) is 10.3 Å². The molecule has 0 atom stereocenters. The Morgan fingerprint density at radius 2 is 2.18 bits per heavy atom. The number of hydrogen-bond donors (Lipinski definition) is 2. The van der Waals surface area contributed by atoms with Crippen molar-refractivity contribution in [2.24, 2.45) is 0 Å². The standard InChI is InChI=1S/C8H6BrFN4O2S/c9-6-3-5(1-2-7(6)10)17(15,16)14-8-11-4-12-13-8/h1-4H,(H2,11,12,13,14). The molecule has 0 amide bonds. The molecule has 1 heterocycles. The molecular formula is C8H6BrFN4O2S. The average molecular weight is 321 g/mol. The first-order chi connectivity index (χ1) is 7.99. The summed E-state index contributed by atoms with van der Waals surface area (Å²) in [6.45, 7) is 0. The molecule has 9 heteroatoms. The van der Waals surface area contributed by atoms with Crippen LogP contribution in [0.15, 0.2) is 33.9 Å². The summed E-state index contributed by atoms with van der Waals surface area (Å²) in [5, 5.41) is 5.85. The molecule has 0 aliphatic rings. The van der Waals surface area contributed by atoms with Crippen molar-refractivity contribution in [2.45, 2.75) is 4.90 Å². The van der Waals surface area contributed by atoms with Crippen LogP contribution in [0.2, 0.25) is 0 Å². The van der Waals surface area contributed by atoms with Gasteiger partial charge in [0.15, 0.2) is 0 Å². The first kappa shape index (κ1) is 12.0. The Hall–Kier alpha value is -1.48. The normalized spacial score (nSPS) is 11.4. The van der Waals surface area contributed by atoms with Crippen LogP contribution in [0.25, 0.3) is 0 Å². The number of halogens is 2. The quantitative estimate of drug-likeness (QED) is 0.897. The van der Waals surface area contributed by atoms with E-state index in [4.69, 9.17) is 0 Å². The zero-order valence-corrected chi connectivity index (χ0v) is 10.6. The van der Waals surface area contributed by atoms with Gasteiger partial charge in [0.25, 0.3) is 10.0 Å². The number of aromatic amines is 1. The molecule has 6 nitrogen and oxygen atoms in total. The minimum Gasteiger partial charge on any atom is -0.248 e.